The third-order valence-corrected chi connectivity index (χ3v) is 3.40. The molecule has 1 N–H and O–H groups in total. The van der Waals surface area contributed by atoms with Crippen LogP contribution in [-0.4, -0.2) is 32.0 Å². The molecule has 108 valence electrons. The molecular formula is C13H24F3NO. The van der Waals surface area contributed by atoms with E-state index in [2.05, 4.69) is 17.0 Å². The van der Waals surface area contributed by atoms with Gasteiger partial charge in [0.05, 0.1) is 0 Å². The summed E-state index contributed by atoms with van der Waals surface area (Å²) < 4.78 is 40.4. The lowest BCUT2D eigenvalue weighted by molar-refractivity contribution is -0.174. The molecule has 1 saturated carbocycles. The van der Waals surface area contributed by atoms with Gasteiger partial charge in [0.1, 0.15) is 6.61 Å². The van der Waals surface area contributed by atoms with Gasteiger partial charge in [-0.2, -0.15) is 13.2 Å². The van der Waals surface area contributed by atoms with Crippen molar-refractivity contribution in [2.24, 2.45) is 5.92 Å². The molecular weight excluding hydrogens is 243 g/mol. The Morgan fingerprint density at radius 1 is 1.33 bits per heavy atom. The Balaban J connectivity index is 2.14. The van der Waals surface area contributed by atoms with Crippen LogP contribution in [0.2, 0.25) is 0 Å². The predicted molar refractivity (Wildman–Crippen MR) is 65.5 cm³/mol. The first-order chi connectivity index (χ1) is 8.51. The molecule has 0 bridgehead atoms. The second-order valence-electron chi connectivity index (χ2n) is 5.14. The van der Waals surface area contributed by atoms with Gasteiger partial charge in [-0.05, 0) is 31.7 Å². The van der Waals surface area contributed by atoms with Crippen molar-refractivity contribution in [3.8, 4) is 0 Å². The van der Waals surface area contributed by atoms with Crippen LogP contribution in [-0.2, 0) is 4.74 Å². The Kier molecular flexibility index (Phi) is 7.00. The van der Waals surface area contributed by atoms with Crippen LogP contribution >= 0.6 is 0 Å². The van der Waals surface area contributed by atoms with E-state index < -0.39 is 12.8 Å². The highest BCUT2D eigenvalue weighted by Gasteiger charge is 2.27. The zero-order valence-electron chi connectivity index (χ0n) is 11.1. The molecule has 0 radical (unpaired) electrons. The van der Waals surface area contributed by atoms with E-state index in [9.17, 15) is 13.2 Å². The second kappa shape index (κ2) is 8.00. The summed E-state index contributed by atoms with van der Waals surface area (Å²) in [7, 11) is 0. The summed E-state index contributed by atoms with van der Waals surface area (Å²) in [5.74, 6) is 0.766. The molecule has 1 unspecified atom stereocenters. The lowest BCUT2D eigenvalue weighted by Gasteiger charge is -2.30. The molecule has 0 heterocycles. The second-order valence-corrected chi connectivity index (χ2v) is 5.14. The predicted octanol–water partition coefficient (Wildman–Crippen LogP) is 3.51. The Morgan fingerprint density at radius 3 is 2.56 bits per heavy atom. The van der Waals surface area contributed by atoms with Gasteiger partial charge in [-0.1, -0.05) is 26.2 Å². The van der Waals surface area contributed by atoms with Crippen LogP contribution in [0.3, 0.4) is 0 Å². The summed E-state index contributed by atoms with van der Waals surface area (Å²) in [6, 6.07) is 0.309. The Bertz CT molecular complexity index is 217. The van der Waals surface area contributed by atoms with E-state index in [-0.39, 0.29) is 6.61 Å². The molecule has 0 aromatic carbocycles. The van der Waals surface area contributed by atoms with Crippen LogP contribution in [0.15, 0.2) is 0 Å². The molecule has 0 aliphatic heterocycles. The van der Waals surface area contributed by atoms with Crippen LogP contribution in [0.5, 0.6) is 0 Å². The molecule has 0 saturated heterocycles. The van der Waals surface area contributed by atoms with Crippen molar-refractivity contribution >= 4 is 0 Å². The van der Waals surface area contributed by atoms with Crippen LogP contribution in [0.4, 0.5) is 13.2 Å². The van der Waals surface area contributed by atoms with Gasteiger partial charge in [-0.15, -0.1) is 0 Å². The van der Waals surface area contributed by atoms with Crippen molar-refractivity contribution in [3.63, 3.8) is 0 Å². The number of nitrogens with one attached hydrogen (secondary N) is 1. The summed E-state index contributed by atoms with van der Waals surface area (Å²) in [6.07, 6.45) is 2.43. The molecule has 1 aliphatic carbocycles. The molecule has 18 heavy (non-hydrogen) atoms. The minimum Gasteiger partial charge on any atom is -0.372 e. The Labute approximate surface area is 107 Å². The number of hydrogen-bond donors (Lipinski definition) is 1. The van der Waals surface area contributed by atoms with Crippen LogP contribution in [0, 0.1) is 5.92 Å². The van der Waals surface area contributed by atoms with Crippen LogP contribution < -0.4 is 5.32 Å². The summed E-state index contributed by atoms with van der Waals surface area (Å²) in [5, 5.41) is 3.40. The monoisotopic (exact) mass is 267 g/mol. The summed E-state index contributed by atoms with van der Waals surface area (Å²) in [4.78, 5) is 0. The third kappa shape index (κ3) is 7.21. The number of rotatable bonds is 9. The maximum Gasteiger partial charge on any atom is 0.411 e. The van der Waals surface area contributed by atoms with E-state index in [1.54, 1.807) is 0 Å². The summed E-state index contributed by atoms with van der Waals surface area (Å²) in [6.45, 7) is 2.08. The highest BCUT2D eigenvalue weighted by molar-refractivity contribution is 4.77. The first-order valence-electron chi connectivity index (χ1n) is 6.89. The van der Waals surface area contributed by atoms with Gasteiger partial charge in [0.25, 0.3) is 0 Å². The summed E-state index contributed by atoms with van der Waals surface area (Å²) in [5.41, 5.74) is 0. The first kappa shape index (κ1) is 15.8. The highest BCUT2D eigenvalue weighted by Crippen LogP contribution is 2.31. The molecule has 0 spiro atoms. The average molecular weight is 267 g/mol. The van der Waals surface area contributed by atoms with Gasteiger partial charge in [0.2, 0.25) is 0 Å². The third-order valence-electron chi connectivity index (χ3n) is 3.40. The standard InChI is InChI=1S/C13H24F3NO/c1-2-7-17-12(9-11-4-3-5-11)6-8-18-10-13(14,15)16/h11-12,17H,2-10H2,1H3. The smallest absolute Gasteiger partial charge is 0.372 e. The maximum absolute atomic E-state index is 11.9. The molecule has 0 aromatic heterocycles. The van der Waals surface area contributed by atoms with Gasteiger partial charge >= 0.3 is 6.18 Å². The summed E-state index contributed by atoms with van der Waals surface area (Å²) >= 11 is 0. The van der Waals surface area contributed by atoms with Gasteiger partial charge in [-0.3, -0.25) is 0 Å². The molecule has 1 atom stereocenters. The van der Waals surface area contributed by atoms with E-state index in [0.29, 0.717) is 12.5 Å². The van der Waals surface area contributed by atoms with Crippen LogP contribution in [0.25, 0.3) is 0 Å². The van der Waals surface area contributed by atoms with Crippen molar-refractivity contribution < 1.29 is 17.9 Å². The fourth-order valence-corrected chi connectivity index (χ4v) is 2.20. The minimum atomic E-state index is -4.21. The molecule has 0 aromatic rings. The Morgan fingerprint density at radius 2 is 2.06 bits per heavy atom. The van der Waals surface area contributed by atoms with Crippen LogP contribution in [0.1, 0.15) is 45.4 Å². The number of halogens is 3. The average Bonchev–Trinajstić information content (AvgIpc) is 2.23. The molecule has 1 rings (SSSR count). The number of ether oxygens (including phenoxy) is 1. The van der Waals surface area contributed by atoms with Gasteiger partial charge in [0.15, 0.2) is 0 Å². The molecule has 0 amide bonds. The minimum absolute atomic E-state index is 0.188. The molecule has 5 heteroatoms. The van der Waals surface area contributed by atoms with Crippen molar-refractivity contribution in [1.82, 2.24) is 5.32 Å². The largest absolute Gasteiger partial charge is 0.411 e. The lowest BCUT2D eigenvalue weighted by atomic mass is 9.80. The molecule has 1 fully saturated rings. The molecule has 1 aliphatic rings. The zero-order chi connectivity index (χ0) is 13.4. The molecule has 2 nitrogen and oxygen atoms in total. The topological polar surface area (TPSA) is 21.3 Å². The number of hydrogen-bond acceptors (Lipinski definition) is 2. The van der Waals surface area contributed by atoms with Crippen molar-refractivity contribution in [2.45, 2.75) is 57.7 Å². The van der Waals surface area contributed by atoms with Crippen molar-refractivity contribution in [3.05, 3.63) is 0 Å². The van der Waals surface area contributed by atoms with E-state index in [1.165, 1.54) is 19.3 Å². The zero-order valence-corrected chi connectivity index (χ0v) is 11.1. The van der Waals surface area contributed by atoms with Gasteiger partial charge in [0, 0.05) is 12.6 Å². The fraction of sp³-hybridized carbons (Fsp3) is 1.00. The van der Waals surface area contributed by atoms with E-state index in [0.717, 1.165) is 25.3 Å². The SMILES string of the molecule is CCCNC(CCOCC(F)(F)F)CC1CCC1. The van der Waals surface area contributed by atoms with E-state index in [4.69, 9.17) is 0 Å². The normalized spacial score (nSPS) is 18.7. The number of alkyl halides is 3. The van der Waals surface area contributed by atoms with Gasteiger partial charge in [-0.25, -0.2) is 0 Å². The lowest BCUT2D eigenvalue weighted by Crippen LogP contribution is -2.34. The quantitative estimate of drug-likeness (QED) is 0.645. The van der Waals surface area contributed by atoms with Gasteiger partial charge < -0.3 is 10.1 Å². The Hall–Kier alpha value is -0.290. The fourth-order valence-electron chi connectivity index (χ4n) is 2.20. The van der Waals surface area contributed by atoms with Crippen molar-refractivity contribution in [1.29, 1.82) is 0 Å². The highest BCUT2D eigenvalue weighted by atomic mass is 19.4. The van der Waals surface area contributed by atoms with Crippen molar-refractivity contribution in [2.75, 3.05) is 19.8 Å². The maximum atomic E-state index is 11.9. The van der Waals surface area contributed by atoms with E-state index >= 15 is 0 Å². The van der Waals surface area contributed by atoms with E-state index in [1.807, 2.05) is 0 Å². The first-order valence-corrected chi connectivity index (χ1v) is 6.89.